The second-order valence-corrected chi connectivity index (χ2v) is 5.89. The van der Waals surface area contributed by atoms with Crippen LogP contribution in [-0.4, -0.2) is 21.7 Å². The summed E-state index contributed by atoms with van der Waals surface area (Å²) in [7, 11) is 0. The summed E-state index contributed by atoms with van der Waals surface area (Å²) in [6.07, 6.45) is 3.05. The van der Waals surface area contributed by atoms with Crippen molar-refractivity contribution in [1.29, 1.82) is 0 Å². The topological polar surface area (TPSA) is 72.0 Å². The first-order valence-corrected chi connectivity index (χ1v) is 7.82. The molecule has 1 N–H and O–H groups in total. The van der Waals surface area contributed by atoms with Crippen LogP contribution in [-0.2, 0) is 11.2 Å². The average molecular weight is 309 g/mol. The van der Waals surface area contributed by atoms with E-state index in [1.165, 1.54) is 11.8 Å². The fourth-order valence-electron chi connectivity index (χ4n) is 2.79. The minimum absolute atomic E-state index is 0.0604. The van der Waals surface area contributed by atoms with Crippen molar-refractivity contribution in [3.05, 3.63) is 52.8 Å². The van der Waals surface area contributed by atoms with E-state index in [2.05, 4.69) is 39.6 Å². The maximum atomic E-state index is 12.4. The van der Waals surface area contributed by atoms with Gasteiger partial charge in [0.2, 0.25) is 11.9 Å². The van der Waals surface area contributed by atoms with Crippen LogP contribution in [0.5, 0.6) is 0 Å². The molecule has 1 amide bonds. The Morgan fingerprint density at radius 1 is 1.26 bits per heavy atom. The molecule has 1 aliphatic rings. The zero-order valence-corrected chi connectivity index (χ0v) is 13.3. The number of benzene rings is 1. The lowest BCUT2D eigenvalue weighted by atomic mass is 9.82. The molecule has 1 atom stereocenters. The molecule has 5 nitrogen and oxygen atoms in total. The van der Waals surface area contributed by atoms with Gasteiger partial charge in [0, 0.05) is 19.0 Å². The second kappa shape index (κ2) is 6.28. The van der Waals surface area contributed by atoms with E-state index < -0.39 is 0 Å². The molecule has 0 saturated heterocycles. The van der Waals surface area contributed by atoms with E-state index in [0.29, 0.717) is 30.5 Å². The van der Waals surface area contributed by atoms with E-state index in [-0.39, 0.29) is 23.6 Å². The van der Waals surface area contributed by atoms with E-state index in [1.807, 2.05) is 6.92 Å². The molecule has 0 aliphatic heterocycles. The fourth-order valence-corrected chi connectivity index (χ4v) is 2.79. The molecule has 1 aliphatic carbocycles. The first-order valence-electron chi connectivity index (χ1n) is 7.82. The van der Waals surface area contributed by atoms with Gasteiger partial charge in [-0.25, -0.2) is 9.97 Å². The summed E-state index contributed by atoms with van der Waals surface area (Å²) >= 11 is 0. The Morgan fingerprint density at radius 3 is 2.70 bits per heavy atom. The molecule has 118 valence electrons. The Labute approximate surface area is 135 Å². The van der Waals surface area contributed by atoms with Crippen LogP contribution in [0.15, 0.2) is 30.5 Å². The summed E-state index contributed by atoms with van der Waals surface area (Å²) in [4.78, 5) is 32.3. The molecule has 1 heterocycles. The Hall–Kier alpha value is -2.56. The van der Waals surface area contributed by atoms with E-state index in [9.17, 15) is 9.59 Å². The van der Waals surface area contributed by atoms with E-state index >= 15 is 0 Å². The summed E-state index contributed by atoms with van der Waals surface area (Å²) in [6, 6.07) is 8.25. The predicted octanol–water partition coefficient (Wildman–Crippen LogP) is 3.05. The van der Waals surface area contributed by atoms with Crippen molar-refractivity contribution < 1.29 is 9.59 Å². The number of aryl methyl sites for hydroxylation is 1. The molecule has 23 heavy (non-hydrogen) atoms. The molecule has 0 spiro atoms. The first kappa shape index (κ1) is 15.3. The van der Waals surface area contributed by atoms with Crippen LogP contribution >= 0.6 is 0 Å². The smallest absolute Gasteiger partial charge is 0.229 e. The van der Waals surface area contributed by atoms with E-state index in [4.69, 9.17) is 0 Å². The monoisotopic (exact) mass is 309 g/mol. The highest BCUT2D eigenvalue weighted by atomic mass is 16.1. The van der Waals surface area contributed by atoms with E-state index in [1.54, 1.807) is 6.92 Å². The van der Waals surface area contributed by atoms with Gasteiger partial charge < -0.3 is 0 Å². The average Bonchev–Trinajstić information content (AvgIpc) is 2.55. The number of Topliss-reactive ketones (excluding diaryl/α,β-unsaturated/α-hetero) is 1. The van der Waals surface area contributed by atoms with Crippen molar-refractivity contribution in [3.8, 4) is 0 Å². The van der Waals surface area contributed by atoms with Gasteiger partial charge >= 0.3 is 0 Å². The molecule has 0 radical (unpaired) electrons. The Bertz CT molecular complexity index is 753. The molecule has 2 aromatic rings. The first-order chi connectivity index (χ1) is 11.1. The van der Waals surface area contributed by atoms with E-state index in [0.717, 1.165) is 5.56 Å². The third kappa shape index (κ3) is 3.28. The summed E-state index contributed by atoms with van der Waals surface area (Å²) < 4.78 is 0. The van der Waals surface area contributed by atoms with Crippen molar-refractivity contribution in [2.75, 3.05) is 5.32 Å². The quantitative estimate of drug-likeness (QED) is 0.946. The molecule has 0 bridgehead atoms. The predicted molar refractivity (Wildman–Crippen MR) is 87.5 cm³/mol. The van der Waals surface area contributed by atoms with Crippen LogP contribution in [0.25, 0.3) is 0 Å². The minimum Gasteiger partial charge on any atom is -0.295 e. The summed E-state index contributed by atoms with van der Waals surface area (Å²) in [5.74, 6) is 0.320. The summed E-state index contributed by atoms with van der Waals surface area (Å²) in [5, 5.41) is 2.65. The maximum absolute atomic E-state index is 12.4. The molecule has 1 unspecified atom stereocenters. The van der Waals surface area contributed by atoms with Crippen molar-refractivity contribution in [3.63, 3.8) is 0 Å². The fraction of sp³-hybridized carbons (Fsp3) is 0.333. The van der Waals surface area contributed by atoms with Gasteiger partial charge in [-0.05, 0) is 24.8 Å². The number of rotatable bonds is 3. The highest BCUT2D eigenvalue weighted by molar-refractivity contribution is 5.98. The molecular formula is C18H19N3O2. The molecule has 5 heteroatoms. The number of aromatic nitrogens is 2. The van der Waals surface area contributed by atoms with Gasteiger partial charge in [-0.2, -0.15) is 0 Å². The van der Waals surface area contributed by atoms with Crippen LogP contribution in [0.1, 0.15) is 52.9 Å². The number of carbonyl (C=O) groups is 2. The molecular weight excluding hydrogens is 290 g/mol. The van der Waals surface area contributed by atoms with Crippen LogP contribution in [0.3, 0.4) is 0 Å². The van der Waals surface area contributed by atoms with Crippen LogP contribution in [0.4, 0.5) is 5.95 Å². The number of nitrogens with zero attached hydrogens (tertiary/aromatic N) is 2. The zero-order valence-electron chi connectivity index (χ0n) is 13.3. The number of hydrogen-bond donors (Lipinski definition) is 1. The number of hydrogen-bond acceptors (Lipinski definition) is 4. The van der Waals surface area contributed by atoms with Crippen LogP contribution in [0, 0.1) is 6.92 Å². The third-order valence-electron chi connectivity index (χ3n) is 4.16. The number of ketones is 1. The van der Waals surface area contributed by atoms with Crippen molar-refractivity contribution in [2.45, 2.75) is 39.0 Å². The highest BCUT2D eigenvalue weighted by Gasteiger charge is 2.28. The SMILES string of the molecule is CCC(=O)Nc1ncc2c(n1)CC(c1ccc(C)cc1)CC2=O. The normalized spacial score (nSPS) is 16.8. The number of nitrogens with one attached hydrogen (secondary N) is 1. The number of anilines is 1. The van der Waals surface area contributed by atoms with Gasteiger partial charge in [0.1, 0.15) is 0 Å². The molecule has 0 fully saturated rings. The number of amides is 1. The Morgan fingerprint density at radius 2 is 2.00 bits per heavy atom. The number of carbonyl (C=O) groups excluding carboxylic acids is 2. The van der Waals surface area contributed by atoms with Crippen molar-refractivity contribution in [2.24, 2.45) is 0 Å². The second-order valence-electron chi connectivity index (χ2n) is 5.89. The third-order valence-corrected chi connectivity index (χ3v) is 4.16. The zero-order chi connectivity index (χ0) is 16.4. The van der Waals surface area contributed by atoms with Gasteiger partial charge in [0.25, 0.3) is 0 Å². The largest absolute Gasteiger partial charge is 0.295 e. The standard InChI is InChI=1S/C18H19N3O2/c1-3-17(23)21-18-19-10-14-15(20-18)8-13(9-16(14)22)12-6-4-11(2)5-7-12/h4-7,10,13H,3,8-9H2,1-2H3,(H,19,20,21,23). The van der Waals surface area contributed by atoms with Crippen molar-refractivity contribution in [1.82, 2.24) is 9.97 Å². The van der Waals surface area contributed by atoms with Gasteiger partial charge in [-0.1, -0.05) is 36.8 Å². The van der Waals surface area contributed by atoms with Crippen LogP contribution < -0.4 is 5.32 Å². The lowest BCUT2D eigenvalue weighted by Crippen LogP contribution is -2.22. The van der Waals surface area contributed by atoms with Gasteiger partial charge in [0.05, 0.1) is 11.3 Å². The molecule has 1 aromatic carbocycles. The number of fused-ring (bicyclic) bond motifs is 1. The highest BCUT2D eigenvalue weighted by Crippen LogP contribution is 2.32. The van der Waals surface area contributed by atoms with Gasteiger partial charge in [-0.3, -0.25) is 14.9 Å². The Kier molecular flexibility index (Phi) is 4.19. The van der Waals surface area contributed by atoms with Crippen molar-refractivity contribution >= 4 is 17.6 Å². The van der Waals surface area contributed by atoms with Gasteiger partial charge in [-0.15, -0.1) is 0 Å². The summed E-state index contributed by atoms with van der Waals surface area (Å²) in [6.45, 7) is 3.81. The Balaban J connectivity index is 1.88. The molecule has 3 rings (SSSR count). The van der Waals surface area contributed by atoms with Gasteiger partial charge in [0.15, 0.2) is 5.78 Å². The minimum atomic E-state index is -0.137. The molecule has 1 aromatic heterocycles. The lowest BCUT2D eigenvalue weighted by molar-refractivity contribution is -0.115. The molecule has 0 saturated carbocycles. The maximum Gasteiger partial charge on any atom is 0.229 e. The lowest BCUT2D eigenvalue weighted by Gasteiger charge is -2.23. The summed E-state index contributed by atoms with van der Waals surface area (Å²) in [5.41, 5.74) is 3.63. The van der Waals surface area contributed by atoms with Crippen LogP contribution in [0.2, 0.25) is 0 Å².